The third-order valence-corrected chi connectivity index (χ3v) is 7.59. The van der Waals surface area contributed by atoms with E-state index in [-0.39, 0.29) is 28.2 Å². The number of aromatic nitrogens is 3. The molecule has 1 atom stereocenters. The number of hydrogen-bond acceptors (Lipinski definition) is 6. The Morgan fingerprint density at radius 1 is 1.23 bits per heavy atom. The zero-order valence-corrected chi connectivity index (χ0v) is 19.4. The van der Waals surface area contributed by atoms with E-state index in [1.54, 1.807) is 25.1 Å². The standard InChI is InChI=1S/C20H22ClFN4O2S2/c1-5-14(30(23,27)28)11-7-6-8-12(15(11)22)16-17(13-9-10-24-19(21)25-13)29-18(26-16)20(2,3)4/h6-10,14H,5H2,1-4H3,(H2,23,27,28). The Labute approximate surface area is 184 Å². The van der Waals surface area contributed by atoms with Crippen molar-refractivity contribution in [3.63, 3.8) is 0 Å². The predicted molar refractivity (Wildman–Crippen MR) is 118 cm³/mol. The first-order chi connectivity index (χ1) is 13.9. The highest BCUT2D eigenvalue weighted by Gasteiger charge is 2.29. The highest BCUT2D eigenvalue weighted by Crippen LogP contribution is 2.42. The molecule has 0 aliphatic carbocycles. The fraction of sp³-hybridized carbons (Fsp3) is 0.350. The van der Waals surface area contributed by atoms with Crippen LogP contribution in [0.25, 0.3) is 21.8 Å². The van der Waals surface area contributed by atoms with Crippen molar-refractivity contribution in [2.24, 2.45) is 5.14 Å². The van der Waals surface area contributed by atoms with Crippen molar-refractivity contribution in [2.75, 3.05) is 0 Å². The van der Waals surface area contributed by atoms with Gasteiger partial charge in [-0.25, -0.2) is 32.9 Å². The number of hydrogen-bond donors (Lipinski definition) is 1. The first-order valence-electron chi connectivity index (χ1n) is 9.24. The third kappa shape index (κ3) is 4.54. The summed E-state index contributed by atoms with van der Waals surface area (Å²) in [7, 11) is -3.97. The molecule has 0 bridgehead atoms. The Hall–Kier alpha value is -1.94. The van der Waals surface area contributed by atoms with E-state index < -0.39 is 21.1 Å². The molecule has 1 unspecified atom stereocenters. The van der Waals surface area contributed by atoms with Gasteiger partial charge in [-0.15, -0.1) is 11.3 Å². The van der Waals surface area contributed by atoms with Gasteiger partial charge in [-0.2, -0.15) is 0 Å². The van der Waals surface area contributed by atoms with Crippen LogP contribution in [0.2, 0.25) is 5.28 Å². The highest BCUT2D eigenvalue weighted by molar-refractivity contribution is 7.89. The Kier molecular flexibility index (Phi) is 6.29. The number of nitrogens with zero attached hydrogens (tertiary/aromatic N) is 3. The molecule has 10 heteroatoms. The van der Waals surface area contributed by atoms with Gasteiger partial charge in [-0.3, -0.25) is 0 Å². The molecule has 160 valence electrons. The van der Waals surface area contributed by atoms with Crippen LogP contribution in [0.15, 0.2) is 30.5 Å². The summed E-state index contributed by atoms with van der Waals surface area (Å²) in [4.78, 5) is 13.5. The normalized spacial score (nSPS) is 13.4. The zero-order chi connectivity index (χ0) is 22.3. The number of primary sulfonamides is 1. The van der Waals surface area contributed by atoms with Crippen LogP contribution in [0.4, 0.5) is 4.39 Å². The van der Waals surface area contributed by atoms with Crippen molar-refractivity contribution < 1.29 is 12.8 Å². The summed E-state index contributed by atoms with van der Waals surface area (Å²) in [5.74, 6) is -0.662. The first-order valence-corrected chi connectivity index (χ1v) is 12.0. The Morgan fingerprint density at radius 3 is 2.50 bits per heavy atom. The molecule has 6 nitrogen and oxygen atoms in total. The lowest BCUT2D eigenvalue weighted by molar-refractivity contribution is 0.566. The van der Waals surface area contributed by atoms with Crippen LogP contribution >= 0.6 is 22.9 Å². The summed E-state index contributed by atoms with van der Waals surface area (Å²) in [6, 6.07) is 6.29. The van der Waals surface area contributed by atoms with Crippen LogP contribution in [0.5, 0.6) is 0 Å². The van der Waals surface area contributed by atoms with E-state index >= 15 is 4.39 Å². The van der Waals surface area contributed by atoms with Crippen molar-refractivity contribution >= 4 is 33.0 Å². The van der Waals surface area contributed by atoms with Gasteiger partial charge in [0.1, 0.15) is 11.1 Å². The fourth-order valence-corrected chi connectivity index (χ4v) is 5.32. The molecular weight excluding hydrogens is 447 g/mol. The minimum atomic E-state index is -3.97. The van der Waals surface area contributed by atoms with E-state index in [0.717, 1.165) is 5.01 Å². The van der Waals surface area contributed by atoms with E-state index in [1.807, 2.05) is 20.8 Å². The summed E-state index contributed by atoms with van der Waals surface area (Å²) in [6.45, 7) is 7.67. The maximum Gasteiger partial charge on any atom is 0.222 e. The van der Waals surface area contributed by atoms with Crippen molar-refractivity contribution in [1.82, 2.24) is 15.0 Å². The average molecular weight is 469 g/mol. The van der Waals surface area contributed by atoms with Gasteiger partial charge in [0, 0.05) is 22.7 Å². The van der Waals surface area contributed by atoms with Crippen molar-refractivity contribution in [1.29, 1.82) is 0 Å². The first kappa shape index (κ1) is 22.7. The van der Waals surface area contributed by atoms with Gasteiger partial charge >= 0.3 is 0 Å². The minimum absolute atomic E-state index is 0.0227. The summed E-state index contributed by atoms with van der Waals surface area (Å²) in [5.41, 5.74) is 0.819. The lowest BCUT2D eigenvalue weighted by atomic mass is 9.98. The van der Waals surface area contributed by atoms with E-state index in [2.05, 4.69) is 9.97 Å². The van der Waals surface area contributed by atoms with Gasteiger partial charge in [-0.05, 0) is 30.2 Å². The van der Waals surface area contributed by atoms with E-state index in [0.29, 0.717) is 16.3 Å². The van der Waals surface area contributed by atoms with Crippen LogP contribution in [-0.4, -0.2) is 23.4 Å². The number of sulfonamides is 1. The summed E-state index contributed by atoms with van der Waals surface area (Å²) >= 11 is 7.35. The van der Waals surface area contributed by atoms with Crippen LogP contribution < -0.4 is 5.14 Å². The molecule has 0 saturated heterocycles. The van der Waals surface area contributed by atoms with Gasteiger partial charge < -0.3 is 0 Å². The number of benzene rings is 1. The van der Waals surface area contributed by atoms with E-state index in [9.17, 15) is 8.42 Å². The quantitative estimate of drug-likeness (QED) is 0.525. The highest BCUT2D eigenvalue weighted by atomic mass is 35.5. The van der Waals surface area contributed by atoms with Crippen molar-refractivity contribution in [2.45, 2.75) is 44.8 Å². The molecule has 3 aromatic rings. The monoisotopic (exact) mass is 468 g/mol. The third-order valence-electron chi connectivity index (χ3n) is 4.53. The molecule has 0 spiro atoms. The Balaban J connectivity index is 2.28. The van der Waals surface area contributed by atoms with Crippen molar-refractivity contribution in [3.05, 3.63) is 52.1 Å². The van der Waals surface area contributed by atoms with Crippen LogP contribution in [-0.2, 0) is 15.4 Å². The van der Waals surface area contributed by atoms with Crippen LogP contribution in [0.3, 0.4) is 0 Å². The molecule has 0 aliphatic heterocycles. The maximum atomic E-state index is 15.6. The maximum absolute atomic E-state index is 15.6. The lowest BCUT2D eigenvalue weighted by Crippen LogP contribution is -2.22. The second-order valence-electron chi connectivity index (χ2n) is 7.85. The van der Waals surface area contributed by atoms with Gasteiger partial charge in [0.2, 0.25) is 15.3 Å². The topological polar surface area (TPSA) is 98.8 Å². The molecule has 0 saturated carbocycles. The van der Waals surface area contributed by atoms with E-state index in [4.69, 9.17) is 21.7 Å². The largest absolute Gasteiger partial charge is 0.240 e. The summed E-state index contributed by atoms with van der Waals surface area (Å²) < 4.78 is 39.6. The smallest absolute Gasteiger partial charge is 0.222 e. The molecule has 0 radical (unpaired) electrons. The van der Waals surface area contributed by atoms with E-state index in [1.165, 1.54) is 23.6 Å². The molecule has 0 aliphatic rings. The van der Waals surface area contributed by atoms with Crippen molar-refractivity contribution in [3.8, 4) is 21.8 Å². The second-order valence-corrected chi connectivity index (χ2v) is 10.9. The lowest BCUT2D eigenvalue weighted by Gasteiger charge is -2.16. The molecule has 3 rings (SSSR count). The molecule has 0 fully saturated rings. The molecule has 30 heavy (non-hydrogen) atoms. The number of thiazole rings is 1. The Morgan fingerprint density at radius 2 is 1.93 bits per heavy atom. The second kappa shape index (κ2) is 8.30. The number of nitrogens with two attached hydrogens (primary N) is 1. The molecule has 1 aromatic carbocycles. The van der Waals surface area contributed by atoms with Gasteiger partial charge in [0.25, 0.3) is 0 Å². The molecule has 2 aromatic heterocycles. The predicted octanol–water partition coefficient (Wildman–Crippen LogP) is 5.10. The van der Waals surface area contributed by atoms with Gasteiger partial charge in [-0.1, -0.05) is 39.8 Å². The van der Waals surface area contributed by atoms with Gasteiger partial charge in [0.15, 0.2) is 0 Å². The zero-order valence-electron chi connectivity index (χ0n) is 17.0. The number of halogens is 2. The van der Waals surface area contributed by atoms with Crippen LogP contribution in [0.1, 0.15) is 49.9 Å². The fourth-order valence-electron chi connectivity index (χ4n) is 3.07. The summed E-state index contributed by atoms with van der Waals surface area (Å²) in [6.07, 6.45) is 1.67. The SMILES string of the molecule is CCC(c1cccc(-c2nc(C(C)(C)C)sc2-c2ccnc(Cl)n2)c1F)S(N)(=O)=O. The Bertz CT molecular complexity index is 1190. The molecule has 2 N–H and O–H groups in total. The molecule has 2 heterocycles. The summed E-state index contributed by atoms with van der Waals surface area (Å²) in [5, 5.41) is 5.05. The minimum Gasteiger partial charge on any atom is -0.240 e. The molecular formula is C20H22ClFN4O2S2. The van der Waals surface area contributed by atoms with Gasteiger partial charge in [0.05, 0.1) is 21.3 Å². The average Bonchev–Trinajstić information content (AvgIpc) is 3.08. The van der Waals surface area contributed by atoms with Crippen LogP contribution in [0, 0.1) is 5.82 Å². The number of rotatable bonds is 5. The molecule has 0 amide bonds.